The molecule has 1 fully saturated rings. The minimum Gasteiger partial charge on any atom is -0.508 e. The Morgan fingerprint density at radius 2 is 1.64 bits per heavy atom. The van der Waals surface area contributed by atoms with Crippen molar-refractivity contribution in [1.29, 1.82) is 0 Å². The minimum absolute atomic E-state index is 0.117. The molecule has 4 heteroatoms. The van der Waals surface area contributed by atoms with Gasteiger partial charge in [0.1, 0.15) is 11.3 Å². The van der Waals surface area contributed by atoms with Crippen molar-refractivity contribution in [3.8, 4) is 22.8 Å². The molecule has 2 N–H and O–H groups in total. The lowest BCUT2D eigenvalue weighted by molar-refractivity contribution is 0.441. The molecule has 1 aliphatic carbocycles. The van der Waals surface area contributed by atoms with Crippen LogP contribution in [0.25, 0.3) is 22.3 Å². The summed E-state index contributed by atoms with van der Waals surface area (Å²) in [5, 5.41) is 20.1. The number of phenols is 1. The molecule has 1 aliphatic rings. The fraction of sp³-hybridized carbons (Fsp3) is 0.286. The Hall–Kier alpha value is -2.75. The van der Waals surface area contributed by atoms with Gasteiger partial charge in [0.15, 0.2) is 5.76 Å². The Morgan fingerprint density at radius 1 is 0.920 bits per heavy atom. The number of fused-ring (bicyclic) bond motifs is 1. The van der Waals surface area contributed by atoms with E-state index in [-0.39, 0.29) is 11.5 Å². The molecule has 0 saturated heterocycles. The Bertz CT molecular complexity index is 964. The maximum absolute atomic E-state index is 12.5. The summed E-state index contributed by atoms with van der Waals surface area (Å²) in [6.45, 7) is 0. The molecular formula is C21H20O4. The molecule has 0 atom stereocenters. The summed E-state index contributed by atoms with van der Waals surface area (Å²) in [4.78, 5) is 12.5. The summed E-state index contributed by atoms with van der Waals surface area (Å²) in [5.41, 5.74) is 1.81. The quantitative estimate of drug-likeness (QED) is 0.697. The summed E-state index contributed by atoms with van der Waals surface area (Å²) < 4.78 is 5.90. The monoisotopic (exact) mass is 336 g/mol. The third-order valence-corrected chi connectivity index (χ3v) is 5.10. The summed E-state index contributed by atoms with van der Waals surface area (Å²) in [6.07, 6.45) is 6.09. The van der Waals surface area contributed by atoms with Gasteiger partial charge >= 0.3 is 0 Å². The van der Waals surface area contributed by atoms with Crippen LogP contribution < -0.4 is 5.43 Å². The summed E-state index contributed by atoms with van der Waals surface area (Å²) in [5.74, 6) is 0.363. The lowest BCUT2D eigenvalue weighted by Gasteiger charge is -2.22. The molecule has 3 aromatic rings. The zero-order chi connectivity index (χ0) is 17.4. The molecular weight excluding hydrogens is 316 g/mol. The van der Waals surface area contributed by atoms with E-state index < -0.39 is 11.2 Å². The van der Waals surface area contributed by atoms with Gasteiger partial charge in [0.25, 0.3) is 0 Å². The molecule has 4 rings (SSSR count). The van der Waals surface area contributed by atoms with E-state index in [1.807, 2.05) is 12.1 Å². The van der Waals surface area contributed by atoms with Gasteiger partial charge in [-0.05, 0) is 60.7 Å². The van der Waals surface area contributed by atoms with Crippen LogP contribution in [0.15, 0.2) is 51.7 Å². The topological polar surface area (TPSA) is 70.7 Å². The number of phenolic OH excluding ortho intramolecular Hbond substituents is 1. The Morgan fingerprint density at radius 3 is 2.36 bits per heavy atom. The molecule has 0 amide bonds. The first-order chi connectivity index (χ1) is 12.1. The van der Waals surface area contributed by atoms with E-state index in [0.717, 1.165) is 0 Å². The molecule has 0 bridgehead atoms. The van der Waals surface area contributed by atoms with Gasteiger partial charge in [-0.15, -0.1) is 0 Å². The maximum Gasteiger partial charge on any atom is 0.235 e. The van der Waals surface area contributed by atoms with E-state index >= 15 is 0 Å². The highest BCUT2D eigenvalue weighted by Crippen LogP contribution is 2.35. The lowest BCUT2D eigenvalue weighted by Crippen LogP contribution is -2.06. The largest absolute Gasteiger partial charge is 0.508 e. The van der Waals surface area contributed by atoms with Crippen molar-refractivity contribution in [1.82, 2.24) is 0 Å². The van der Waals surface area contributed by atoms with Crippen LogP contribution in [0.5, 0.6) is 11.5 Å². The first kappa shape index (κ1) is 15.8. The first-order valence-electron chi connectivity index (χ1n) is 8.72. The Balaban J connectivity index is 1.85. The third-order valence-electron chi connectivity index (χ3n) is 5.10. The molecule has 1 aromatic heterocycles. The third kappa shape index (κ3) is 2.88. The molecule has 4 nitrogen and oxygen atoms in total. The van der Waals surface area contributed by atoms with Gasteiger partial charge in [0.2, 0.25) is 11.2 Å². The van der Waals surface area contributed by atoms with E-state index in [0.29, 0.717) is 22.5 Å². The van der Waals surface area contributed by atoms with Crippen molar-refractivity contribution in [3.05, 3.63) is 58.3 Å². The van der Waals surface area contributed by atoms with E-state index in [4.69, 9.17) is 4.42 Å². The Labute approximate surface area is 145 Å². The molecule has 0 unspecified atom stereocenters. The zero-order valence-corrected chi connectivity index (χ0v) is 13.9. The number of aromatic hydroxyl groups is 2. The zero-order valence-electron chi connectivity index (χ0n) is 13.9. The van der Waals surface area contributed by atoms with Crippen LogP contribution in [-0.2, 0) is 0 Å². The highest BCUT2D eigenvalue weighted by atomic mass is 16.4. The van der Waals surface area contributed by atoms with Crippen molar-refractivity contribution < 1.29 is 14.6 Å². The fourth-order valence-corrected chi connectivity index (χ4v) is 3.70. The van der Waals surface area contributed by atoms with Crippen LogP contribution in [0.1, 0.15) is 43.6 Å². The van der Waals surface area contributed by atoms with Crippen LogP contribution in [0, 0.1) is 0 Å². The van der Waals surface area contributed by atoms with Crippen molar-refractivity contribution >= 4 is 11.0 Å². The van der Waals surface area contributed by atoms with Gasteiger partial charge in [-0.1, -0.05) is 25.3 Å². The summed E-state index contributed by atoms with van der Waals surface area (Å²) in [7, 11) is 0. The minimum atomic E-state index is -0.431. The molecule has 0 radical (unpaired) electrons. The second kappa shape index (κ2) is 6.28. The predicted molar refractivity (Wildman–Crippen MR) is 97.1 cm³/mol. The van der Waals surface area contributed by atoms with Crippen molar-refractivity contribution in [2.24, 2.45) is 0 Å². The lowest BCUT2D eigenvalue weighted by atomic mass is 9.84. The van der Waals surface area contributed by atoms with Crippen LogP contribution in [0.3, 0.4) is 0 Å². The highest BCUT2D eigenvalue weighted by Gasteiger charge is 2.19. The fourth-order valence-electron chi connectivity index (χ4n) is 3.70. The Kier molecular flexibility index (Phi) is 3.96. The van der Waals surface area contributed by atoms with Gasteiger partial charge in [-0.25, -0.2) is 0 Å². The number of rotatable bonds is 2. The number of hydrogen-bond acceptors (Lipinski definition) is 4. The molecule has 128 valence electrons. The van der Waals surface area contributed by atoms with Gasteiger partial charge in [-0.2, -0.15) is 0 Å². The SMILES string of the molecule is O=c1c(O)c(-c2ccc(O)cc2)oc2cc(C3CCCCC3)ccc12. The van der Waals surface area contributed by atoms with Gasteiger partial charge in [0.05, 0.1) is 5.39 Å². The summed E-state index contributed by atoms with van der Waals surface area (Å²) >= 11 is 0. The first-order valence-corrected chi connectivity index (χ1v) is 8.72. The van der Waals surface area contributed by atoms with Crippen LogP contribution in [0.4, 0.5) is 0 Å². The molecule has 2 aromatic carbocycles. The van der Waals surface area contributed by atoms with Gasteiger partial charge in [0, 0.05) is 5.56 Å². The van der Waals surface area contributed by atoms with Crippen molar-refractivity contribution in [2.45, 2.75) is 38.0 Å². The molecule has 0 aliphatic heterocycles. The smallest absolute Gasteiger partial charge is 0.235 e. The molecule has 25 heavy (non-hydrogen) atoms. The average molecular weight is 336 g/mol. The van der Waals surface area contributed by atoms with E-state index in [1.165, 1.54) is 49.8 Å². The number of hydrogen-bond donors (Lipinski definition) is 2. The van der Waals surface area contributed by atoms with Crippen LogP contribution in [0.2, 0.25) is 0 Å². The normalized spacial score (nSPS) is 15.5. The van der Waals surface area contributed by atoms with Crippen molar-refractivity contribution in [2.75, 3.05) is 0 Å². The second-order valence-electron chi connectivity index (χ2n) is 6.75. The van der Waals surface area contributed by atoms with Crippen LogP contribution in [-0.4, -0.2) is 10.2 Å². The maximum atomic E-state index is 12.5. The number of benzene rings is 2. The van der Waals surface area contributed by atoms with E-state index in [9.17, 15) is 15.0 Å². The highest BCUT2D eigenvalue weighted by molar-refractivity contribution is 5.82. The summed E-state index contributed by atoms with van der Waals surface area (Å²) in [6, 6.07) is 11.9. The van der Waals surface area contributed by atoms with E-state index in [1.54, 1.807) is 18.2 Å². The molecule has 0 spiro atoms. The van der Waals surface area contributed by atoms with Gasteiger partial charge in [-0.3, -0.25) is 4.79 Å². The van der Waals surface area contributed by atoms with Crippen LogP contribution >= 0.6 is 0 Å². The molecule has 1 heterocycles. The average Bonchev–Trinajstić information content (AvgIpc) is 2.66. The van der Waals surface area contributed by atoms with Gasteiger partial charge < -0.3 is 14.6 Å². The van der Waals surface area contributed by atoms with E-state index in [2.05, 4.69) is 0 Å². The predicted octanol–water partition coefficient (Wildman–Crippen LogP) is 4.92. The standard InChI is InChI=1S/C21H20O4/c22-16-9-6-14(7-10-16)21-20(24)19(23)17-11-8-15(12-18(17)25-21)13-4-2-1-3-5-13/h6-13,22,24H,1-5H2. The van der Waals surface area contributed by atoms with Crippen molar-refractivity contribution in [3.63, 3.8) is 0 Å². The molecule has 1 saturated carbocycles. The second-order valence-corrected chi connectivity index (χ2v) is 6.75.